The maximum absolute atomic E-state index is 11.1. The van der Waals surface area contributed by atoms with Crippen LogP contribution in [0.3, 0.4) is 0 Å². The highest BCUT2D eigenvalue weighted by atomic mass is 32.1. The van der Waals surface area contributed by atoms with Crippen LogP contribution in [0.25, 0.3) is 0 Å². The van der Waals surface area contributed by atoms with E-state index in [2.05, 4.69) is 29.8 Å². The topological polar surface area (TPSA) is 38.3 Å². The van der Waals surface area contributed by atoms with Crippen LogP contribution < -0.4 is 5.32 Å². The van der Waals surface area contributed by atoms with E-state index in [0.717, 1.165) is 12.8 Å². The third kappa shape index (κ3) is 5.47. The molecule has 4 heteroatoms. The van der Waals surface area contributed by atoms with Crippen LogP contribution in [0.2, 0.25) is 0 Å². The first-order valence-electron chi connectivity index (χ1n) is 6.38. The second-order valence-corrected chi connectivity index (χ2v) is 4.90. The van der Waals surface area contributed by atoms with Gasteiger partial charge in [0.1, 0.15) is 0 Å². The first kappa shape index (κ1) is 14.9. The summed E-state index contributed by atoms with van der Waals surface area (Å²) >= 11 is 1.77. The number of carbonyl (C=O) groups excluding carboxylic acids is 1. The quantitative estimate of drug-likeness (QED) is 0.580. The summed E-state index contributed by atoms with van der Waals surface area (Å²) in [5.74, 6) is -0.275. The molecular weight excluding hydrogens is 246 g/mol. The molecule has 18 heavy (non-hydrogen) atoms. The van der Waals surface area contributed by atoms with Crippen molar-refractivity contribution in [1.82, 2.24) is 5.32 Å². The van der Waals surface area contributed by atoms with Gasteiger partial charge in [-0.25, -0.2) is 4.79 Å². The number of hydrogen-bond acceptors (Lipinski definition) is 4. The highest BCUT2D eigenvalue weighted by Gasteiger charge is 2.09. The van der Waals surface area contributed by atoms with Gasteiger partial charge in [-0.15, -0.1) is 11.3 Å². The van der Waals surface area contributed by atoms with Crippen LogP contribution in [-0.2, 0) is 9.53 Å². The summed E-state index contributed by atoms with van der Waals surface area (Å²) in [6.07, 6.45) is 5.53. The zero-order valence-corrected chi connectivity index (χ0v) is 11.8. The minimum atomic E-state index is -0.275. The van der Waals surface area contributed by atoms with Crippen molar-refractivity contribution in [2.24, 2.45) is 0 Å². The molecule has 1 heterocycles. The van der Waals surface area contributed by atoms with Crippen LogP contribution in [0.15, 0.2) is 29.7 Å². The van der Waals surface area contributed by atoms with E-state index in [4.69, 9.17) is 4.74 Å². The molecule has 0 amide bonds. The average molecular weight is 267 g/mol. The van der Waals surface area contributed by atoms with Gasteiger partial charge in [-0.2, -0.15) is 0 Å². The Bertz CT molecular complexity index is 360. The fourth-order valence-corrected chi connectivity index (χ4v) is 2.52. The summed E-state index contributed by atoms with van der Waals surface area (Å²) in [5.41, 5.74) is 0. The molecule has 1 unspecified atom stereocenters. The molecule has 1 atom stereocenters. The SMILES string of the molecule is CCCC(NC/C=C/C(=O)OCC)c1cccs1. The predicted octanol–water partition coefficient (Wildman–Crippen LogP) is 3.30. The summed E-state index contributed by atoms with van der Waals surface area (Å²) in [7, 11) is 0. The zero-order chi connectivity index (χ0) is 13.2. The molecule has 1 aromatic rings. The summed E-state index contributed by atoms with van der Waals surface area (Å²) < 4.78 is 4.82. The summed E-state index contributed by atoms with van der Waals surface area (Å²) in [6.45, 7) is 5.08. The molecule has 0 spiro atoms. The average Bonchev–Trinajstić information content (AvgIpc) is 2.87. The second kappa shape index (κ2) is 8.89. The van der Waals surface area contributed by atoms with Crippen molar-refractivity contribution in [3.05, 3.63) is 34.5 Å². The largest absolute Gasteiger partial charge is 0.463 e. The van der Waals surface area contributed by atoms with E-state index in [0.29, 0.717) is 19.2 Å². The summed E-state index contributed by atoms with van der Waals surface area (Å²) in [5, 5.41) is 5.53. The molecule has 3 nitrogen and oxygen atoms in total. The van der Waals surface area contributed by atoms with Crippen molar-refractivity contribution < 1.29 is 9.53 Å². The normalized spacial score (nSPS) is 12.8. The Hall–Kier alpha value is -1.13. The van der Waals surface area contributed by atoms with Gasteiger partial charge in [-0.1, -0.05) is 25.5 Å². The summed E-state index contributed by atoms with van der Waals surface area (Å²) in [6, 6.07) is 4.59. The molecule has 1 rings (SSSR count). The molecule has 0 aromatic carbocycles. The lowest BCUT2D eigenvalue weighted by atomic mass is 10.1. The molecule has 1 N–H and O–H groups in total. The number of ether oxygens (including phenoxy) is 1. The Labute approximate surface area is 113 Å². The monoisotopic (exact) mass is 267 g/mol. The van der Waals surface area contributed by atoms with Gasteiger partial charge in [0, 0.05) is 23.5 Å². The van der Waals surface area contributed by atoms with Crippen LogP contribution in [-0.4, -0.2) is 19.1 Å². The first-order valence-corrected chi connectivity index (χ1v) is 7.26. The van der Waals surface area contributed by atoms with Crippen molar-refractivity contribution in [3.8, 4) is 0 Å². The smallest absolute Gasteiger partial charge is 0.330 e. The third-order valence-corrected chi connectivity index (χ3v) is 3.47. The van der Waals surface area contributed by atoms with Gasteiger partial charge in [0.15, 0.2) is 0 Å². The minimum absolute atomic E-state index is 0.275. The Morgan fingerprint density at radius 3 is 3.00 bits per heavy atom. The Morgan fingerprint density at radius 2 is 2.39 bits per heavy atom. The highest BCUT2D eigenvalue weighted by molar-refractivity contribution is 7.10. The van der Waals surface area contributed by atoms with Crippen LogP contribution in [0.1, 0.15) is 37.6 Å². The van der Waals surface area contributed by atoms with E-state index in [1.165, 1.54) is 11.0 Å². The molecule has 0 aliphatic carbocycles. The number of rotatable bonds is 8. The molecule has 100 valence electrons. The Kier molecular flexibility index (Phi) is 7.37. The van der Waals surface area contributed by atoms with E-state index in [1.807, 2.05) is 6.08 Å². The van der Waals surface area contributed by atoms with Gasteiger partial charge in [0.25, 0.3) is 0 Å². The van der Waals surface area contributed by atoms with Crippen molar-refractivity contribution in [3.63, 3.8) is 0 Å². The molecule has 0 aliphatic heterocycles. The van der Waals surface area contributed by atoms with Gasteiger partial charge in [0.05, 0.1) is 6.61 Å². The lowest BCUT2D eigenvalue weighted by Gasteiger charge is -2.15. The number of carbonyl (C=O) groups is 1. The van der Waals surface area contributed by atoms with Gasteiger partial charge in [0.2, 0.25) is 0 Å². The van der Waals surface area contributed by atoms with Crippen LogP contribution in [0.4, 0.5) is 0 Å². The maximum Gasteiger partial charge on any atom is 0.330 e. The molecule has 0 aliphatic rings. The first-order chi connectivity index (χ1) is 8.77. The Morgan fingerprint density at radius 1 is 1.56 bits per heavy atom. The van der Waals surface area contributed by atoms with E-state index < -0.39 is 0 Å². The lowest BCUT2D eigenvalue weighted by Crippen LogP contribution is -2.20. The van der Waals surface area contributed by atoms with E-state index in [-0.39, 0.29) is 5.97 Å². The number of thiophene rings is 1. The maximum atomic E-state index is 11.1. The molecule has 0 fully saturated rings. The number of nitrogens with one attached hydrogen (secondary N) is 1. The van der Waals surface area contributed by atoms with Crippen molar-refractivity contribution >= 4 is 17.3 Å². The fourth-order valence-electron chi connectivity index (χ4n) is 1.68. The van der Waals surface area contributed by atoms with Crippen LogP contribution in [0.5, 0.6) is 0 Å². The molecule has 1 aromatic heterocycles. The van der Waals surface area contributed by atoms with Crippen LogP contribution >= 0.6 is 11.3 Å². The highest BCUT2D eigenvalue weighted by Crippen LogP contribution is 2.22. The summed E-state index contributed by atoms with van der Waals surface area (Å²) in [4.78, 5) is 12.5. The molecule has 0 saturated heterocycles. The predicted molar refractivity (Wildman–Crippen MR) is 75.7 cm³/mol. The lowest BCUT2D eigenvalue weighted by molar-refractivity contribution is -0.137. The molecule has 0 saturated carbocycles. The third-order valence-electron chi connectivity index (χ3n) is 2.49. The Balaban J connectivity index is 2.37. The van der Waals surface area contributed by atoms with Gasteiger partial charge in [-0.3, -0.25) is 0 Å². The van der Waals surface area contributed by atoms with Gasteiger partial charge >= 0.3 is 5.97 Å². The van der Waals surface area contributed by atoms with E-state index >= 15 is 0 Å². The minimum Gasteiger partial charge on any atom is -0.463 e. The molecule has 0 bridgehead atoms. The van der Waals surface area contributed by atoms with Crippen molar-refractivity contribution in [1.29, 1.82) is 0 Å². The standard InChI is InChI=1S/C14H21NO2S/c1-3-7-12(13-8-6-11-18-13)15-10-5-9-14(16)17-4-2/h5-6,8-9,11-12,15H,3-4,7,10H2,1-2H3/b9-5+. The number of hydrogen-bond donors (Lipinski definition) is 1. The second-order valence-electron chi connectivity index (χ2n) is 3.92. The molecule has 0 radical (unpaired) electrons. The van der Waals surface area contributed by atoms with E-state index in [1.54, 1.807) is 18.3 Å². The zero-order valence-electron chi connectivity index (χ0n) is 11.0. The van der Waals surface area contributed by atoms with Crippen molar-refractivity contribution in [2.45, 2.75) is 32.7 Å². The fraction of sp³-hybridized carbons (Fsp3) is 0.500. The van der Waals surface area contributed by atoms with Crippen LogP contribution in [0, 0.1) is 0 Å². The van der Waals surface area contributed by atoms with Gasteiger partial charge < -0.3 is 10.1 Å². The number of esters is 1. The van der Waals surface area contributed by atoms with Gasteiger partial charge in [-0.05, 0) is 24.8 Å². The van der Waals surface area contributed by atoms with Crippen molar-refractivity contribution in [2.75, 3.05) is 13.2 Å². The van der Waals surface area contributed by atoms with E-state index in [9.17, 15) is 4.79 Å². The molecular formula is C14H21NO2S.